The third kappa shape index (κ3) is 3.98. The Morgan fingerprint density at radius 1 is 1.53 bits per heavy atom. The van der Waals surface area contributed by atoms with Gasteiger partial charge >= 0.3 is 0 Å². The molecule has 17 heavy (non-hydrogen) atoms. The van der Waals surface area contributed by atoms with E-state index in [-0.39, 0.29) is 12.2 Å². The van der Waals surface area contributed by atoms with Gasteiger partial charge in [0.2, 0.25) is 5.91 Å². The van der Waals surface area contributed by atoms with E-state index in [0.29, 0.717) is 18.0 Å². The van der Waals surface area contributed by atoms with E-state index < -0.39 is 10.8 Å². The van der Waals surface area contributed by atoms with Crippen molar-refractivity contribution in [1.29, 1.82) is 0 Å². The largest absolute Gasteiger partial charge is 0.494 e. The van der Waals surface area contributed by atoms with Crippen molar-refractivity contribution in [3.63, 3.8) is 0 Å². The van der Waals surface area contributed by atoms with Gasteiger partial charge in [-0.2, -0.15) is 0 Å². The first-order valence-corrected chi connectivity index (χ1v) is 4.97. The van der Waals surface area contributed by atoms with Gasteiger partial charge in [0.15, 0.2) is 0 Å². The molecule has 0 aromatic heterocycles. The fourth-order valence-electron chi connectivity index (χ4n) is 1.23. The molecule has 0 unspecified atom stereocenters. The average molecular weight is 239 g/mol. The van der Waals surface area contributed by atoms with E-state index >= 15 is 0 Å². The van der Waals surface area contributed by atoms with Crippen LogP contribution in [0, 0.1) is 10.1 Å². The second-order valence-electron chi connectivity index (χ2n) is 3.23. The van der Waals surface area contributed by atoms with Gasteiger partial charge in [0.1, 0.15) is 5.75 Å². The minimum absolute atomic E-state index is 0.0905. The maximum atomic E-state index is 10.7. The van der Waals surface area contributed by atoms with Crippen molar-refractivity contribution in [2.75, 3.05) is 18.5 Å². The van der Waals surface area contributed by atoms with Crippen molar-refractivity contribution in [3.8, 4) is 5.75 Å². The Hall–Kier alpha value is -2.31. The van der Waals surface area contributed by atoms with Crippen LogP contribution in [0.1, 0.15) is 6.92 Å². The highest BCUT2D eigenvalue weighted by Crippen LogP contribution is 2.25. The number of hydrogen-bond acceptors (Lipinski definition) is 5. The molecule has 0 bridgehead atoms. The van der Waals surface area contributed by atoms with Gasteiger partial charge in [0, 0.05) is 17.8 Å². The number of amides is 1. The van der Waals surface area contributed by atoms with Gasteiger partial charge < -0.3 is 15.8 Å². The van der Waals surface area contributed by atoms with Crippen LogP contribution in [0.2, 0.25) is 0 Å². The van der Waals surface area contributed by atoms with Crippen LogP contribution in [-0.2, 0) is 4.79 Å². The number of nitro benzene ring substituents is 1. The number of nitrogens with two attached hydrogens (primary N) is 1. The predicted molar refractivity (Wildman–Crippen MR) is 61.9 cm³/mol. The molecular weight excluding hydrogens is 226 g/mol. The maximum Gasteiger partial charge on any atom is 0.275 e. The quantitative estimate of drug-likeness (QED) is 0.566. The van der Waals surface area contributed by atoms with Gasteiger partial charge in [-0.3, -0.25) is 14.9 Å². The second kappa shape index (κ2) is 5.69. The lowest BCUT2D eigenvalue weighted by atomic mass is 10.2. The summed E-state index contributed by atoms with van der Waals surface area (Å²) in [6.07, 6.45) is 0. The summed E-state index contributed by atoms with van der Waals surface area (Å²) in [5.41, 5.74) is 5.28. The number of ether oxygens (including phenoxy) is 1. The Kier molecular flexibility index (Phi) is 4.27. The summed E-state index contributed by atoms with van der Waals surface area (Å²) in [5, 5.41) is 13.4. The molecule has 0 saturated carbocycles. The van der Waals surface area contributed by atoms with Crippen molar-refractivity contribution in [2.45, 2.75) is 6.92 Å². The molecule has 0 saturated heterocycles. The zero-order valence-corrected chi connectivity index (χ0v) is 9.30. The highest BCUT2D eigenvalue weighted by molar-refractivity contribution is 5.79. The second-order valence-corrected chi connectivity index (χ2v) is 3.23. The Balaban J connectivity index is 2.94. The van der Waals surface area contributed by atoms with Gasteiger partial charge in [-0.25, -0.2) is 0 Å². The van der Waals surface area contributed by atoms with Gasteiger partial charge in [0.25, 0.3) is 5.69 Å². The summed E-state index contributed by atoms with van der Waals surface area (Å²) in [5.74, 6) is -0.178. The third-order valence-corrected chi connectivity index (χ3v) is 1.88. The molecule has 0 aliphatic rings. The maximum absolute atomic E-state index is 10.7. The molecule has 3 N–H and O–H groups in total. The molecule has 0 aliphatic heterocycles. The number of nitrogens with zero attached hydrogens (tertiary/aromatic N) is 1. The molecule has 1 rings (SSSR count). The van der Waals surface area contributed by atoms with E-state index in [1.807, 2.05) is 0 Å². The number of nitro groups is 1. The summed E-state index contributed by atoms with van der Waals surface area (Å²) >= 11 is 0. The van der Waals surface area contributed by atoms with Crippen LogP contribution in [0.15, 0.2) is 18.2 Å². The topological polar surface area (TPSA) is 107 Å². The minimum atomic E-state index is -0.547. The van der Waals surface area contributed by atoms with Crippen LogP contribution in [0.25, 0.3) is 0 Å². The molecule has 0 aliphatic carbocycles. The molecular formula is C10H13N3O4. The van der Waals surface area contributed by atoms with Crippen LogP contribution in [0.4, 0.5) is 11.4 Å². The zero-order chi connectivity index (χ0) is 12.8. The summed E-state index contributed by atoms with van der Waals surface area (Å²) in [6.45, 7) is 2.08. The molecule has 0 fully saturated rings. The summed E-state index contributed by atoms with van der Waals surface area (Å²) in [4.78, 5) is 20.7. The summed E-state index contributed by atoms with van der Waals surface area (Å²) in [6, 6.07) is 4.20. The average Bonchev–Trinajstić information content (AvgIpc) is 2.26. The molecule has 1 aromatic carbocycles. The normalized spacial score (nSPS) is 9.71. The Morgan fingerprint density at radius 2 is 2.24 bits per heavy atom. The predicted octanol–water partition coefficient (Wildman–Crippen LogP) is 0.891. The fourth-order valence-corrected chi connectivity index (χ4v) is 1.23. The van der Waals surface area contributed by atoms with Crippen LogP contribution >= 0.6 is 0 Å². The van der Waals surface area contributed by atoms with Crippen molar-refractivity contribution >= 4 is 17.3 Å². The molecule has 7 nitrogen and oxygen atoms in total. The Morgan fingerprint density at radius 3 is 2.76 bits per heavy atom. The number of anilines is 1. The summed E-state index contributed by atoms with van der Waals surface area (Å²) in [7, 11) is 0. The van der Waals surface area contributed by atoms with Crippen molar-refractivity contribution in [2.24, 2.45) is 5.73 Å². The van der Waals surface area contributed by atoms with Crippen LogP contribution in [0.3, 0.4) is 0 Å². The SMILES string of the molecule is CCOc1cc(NCC(N)=O)cc([N+](=O)[O-])c1. The van der Waals surface area contributed by atoms with E-state index in [2.05, 4.69) is 5.32 Å². The van der Waals surface area contributed by atoms with Gasteiger partial charge in [0.05, 0.1) is 24.1 Å². The van der Waals surface area contributed by atoms with Gasteiger partial charge in [-0.05, 0) is 6.92 Å². The highest BCUT2D eigenvalue weighted by atomic mass is 16.6. The number of nitrogens with one attached hydrogen (secondary N) is 1. The van der Waals surface area contributed by atoms with E-state index in [0.717, 1.165) is 0 Å². The molecule has 0 radical (unpaired) electrons. The number of hydrogen-bond donors (Lipinski definition) is 2. The number of non-ortho nitro benzene ring substituents is 1. The number of benzene rings is 1. The number of rotatable bonds is 6. The smallest absolute Gasteiger partial charge is 0.275 e. The summed E-state index contributed by atoms with van der Waals surface area (Å²) < 4.78 is 5.18. The molecule has 0 heterocycles. The molecule has 1 aromatic rings. The van der Waals surface area contributed by atoms with E-state index in [4.69, 9.17) is 10.5 Å². The first kappa shape index (κ1) is 12.8. The van der Waals surface area contributed by atoms with Crippen LogP contribution < -0.4 is 15.8 Å². The fraction of sp³-hybridized carbons (Fsp3) is 0.300. The number of primary amides is 1. The lowest BCUT2D eigenvalue weighted by Crippen LogP contribution is -2.21. The zero-order valence-electron chi connectivity index (χ0n) is 9.30. The number of carbonyl (C=O) groups excluding carboxylic acids is 1. The van der Waals surface area contributed by atoms with E-state index in [1.165, 1.54) is 12.1 Å². The molecule has 92 valence electrons. The monoisotopic (exact) mass is 239 g/mol. The van der Waals surface area contributed by atoms with Crippen molar-refractivity contribution < 1.29 is 14.5 Å². The molecule has 0 atom stereocenters. The van der Waals surface area contributed by atoms with Crippen LogP contribution in [-0.4, -0.2) is 24.0 Å². The molecule has 7 heteroatoms. The third-order valence-electron chi connectivity index (χ3n) is 1.88. The highest BCUT2D eigenvalue weighted by Gasteiger charge is 2.10. The number of carbonyl (C=O) groups is 1. The Labute approximate surface area is 97.7 Å². The van der Waals surface area contributed by atoms with E-state index in [9.17, 15) is 14.9 Å². The van der Waals surface area contributed by atoms with Crippen molar-refractivity contribution in [1.82, 2.24) is 0 Å². The lowest BCUT2D eigenvalue weighted by molar-refractivity contribution is -0.384. The lowest BCUT2D eigenvalue weighted by Gasteiger charge is -2.07. The van der Waals surface area contributed by atoms with Gasteiger partial charge in [-0.1, -0.05) is 0 Å². The molecule has 0 spiro atoms. The van der Waals surface area contributed by atoms with Gasteiger partial charge in [-0.15, -0.1) is 0 Å². The van der Waals surface area contributed by atoms with Crippen LogP contribution in [0.5, 0.6) is 5.75 Å². The first-order valence-electron chi connectivity index (χ1n) is 4.97. The first-order chi connectivity index (χ1) is 8.02. The standard InChI is InChI=1S/C10H13N3O4/c1-2-17-9-4-7(12-6-10(11)14)3-8(5-9)13(15)16/h3-5,12H,2,6H2,1H3,(H2,11,14). The van der Waals surface area contributed by atoms with E-state index in [1.54, 1.807) is 13.0 Å². The molecule has 1 amide bonds. The Bertz CT molecular complexity index is 434. The minimum Gasteiger partial charge on any atom is -0.494 e. The van der Waals surface area contributed by atoms with Crippen molar-refractivity contribution in [3.05, 3.63) is 28.3 Å².